The van der Waals surface area contributed by atoms with E-state index in [0.717, 1.165) is 0 Å². The normalized spacial score (nSPS) is 7.00. The van der Waals surface area contributed by atoms with Crippen LogP contribution in [0.15, 0.2) is 12.2 Å². The van der Waals surface area contributed by atoms with E-state index in [1.165, 1.54) is 5.57 Å². The Labute approximate surface area is 80.9 Å². The quantitative estimate of drug-likeness (QED) is 0.428. The predicted molar refractivity (Wildman–Crippen MR) is 67.8 cm³/mol. The fourth-order valence-corrected chi connectivity index (χ4v) is 0. The molecule has 0 aromatic rings. The second-order valence-corrected chi connectivity index (χ2v) is 5.52. The van der Waals surface area contributed by atoms with Gasteiger partial charge in [0.15, 0.2) is 0 Å². The summed E-state index contributed by atoms with van der Waals surface area (Å²) in [5, 5.41) is 0. The largest absolute Gasteiger partial charge is 0.269 e. The second-order valence-electron chi connectivity index (χ2n) is 2.64. The Hall–Kier alpha value is -0.240. The van der Waals surface area contributed by atoms with Crippen LogP contribution in [0.4, 0.5) is 0 Å². The molecule has 0 fully saturated rings. The first kappa shape index (κ1) is 29.8. The van der Waals surface area contributed by atoms with E-state index >= 15 is 0 Å². The van der Waals surface area contributed by atoms with E-state index in [9.17, 15) is 4.21 Å². The molecule has 0 saturated carbocycles. The molecule has 0 aliphatic carbocycles. The minimum absolute atomic E-state index is 0. The minimum Gasteiger partial charge on any atom is -0.269 e. The topological polar surface area (TPSA) is 17.1 Å². The maximum atomic E-state index is 10.1. The van der Waals surface area contributed by atoms with Gasteiger partial charge in [-0.25, -0.2) is 0 Å². The molecule has 0 heterocycles. The fourth-order valence-electron chi connectivity index (χ4n) is 0. The van der Waals surface area contributed by atoms with Gasteiger partial charge in [-0.2, -0.15) is 0 Å². The van der Waals surface area contributed by atoms with Crippen molar-refractivity contribution in [1.29, 1.82) is 0 Å². The Morgan fingerprint density at radius 2 is 1.08 bits per heavy atom. The Morgan fingerprint density at radius 3 is 1.08 bits per heavy atom. The second kappa shape index (κ2) is 13.4. The zero-order valence-electron chi connectivity index (χ0n) is 6.73. The molecule has 2 heteroatoms. The van der Waals surface area contributed by atoms with Crippen molar-refractivity contribution in [3.05, 3.63) is 12.2 Å². The maximum absolute atomic E-state index is 10.1. The van der Waals surface area contributed by atoms with Crippen LogP contribution in [-0.4, -0.2) is 22.6 Å². The first-order valence-electron chi connectivity index (χ1n) is 2.63. The third-order valence-corrected chi connectivity index (χ3v) is 0. The molecule has 0 rings (SSSR count). The van der Waals surface area contributed by atoms with Crippen molar-refractivity contribution >= 4 is 15.4 Å². The molecule has 0 saturated heterocycles. The third-order valence-electron chi connectivity index (χ3n) is 0. The van der Waals surface area contributed by atoms with Crippen LogP contribution in [-0.2, 0) is 9.52 Å². The average Bonchev–Trinajstić information content (AvgIpc) is 1.19. The van der Waals surface area contributed by atoms with Crippen LogP contribution in [0, 0.1) is 0 Å². The lowest BCUT2D eigenvalue weighted by Crippen LogP contribution is -1.86. The summed E-state index contributed by atoms with van der Waals surface area (Å²) in [6, 6.07) is 0. The molecule has 0 N–H and O–H groups in total. The van der Waals surface area contributed by atoms with E-state index in [1.807, 2.05) is 13.8 Å². The standard InChI is InChI=1S/C4H8.C3H8OS.3CH4/c1-4(2)3;1-5(2,3)4;;;/h1H2,2-3H3;1H2,2-3H3;3*1H4. The van der Waals surface area contributed by atoms with Crippen LogP contribution in [0.1, 0.15) is 36.1 Å². The van der Waals surface area contributed by atoms with Gasteiger partial charge < -0.3 is 0 Å². The summed E-state index contributed by atoms with van der Waals surface area (Å²) in [6.45, 7) is 7.50. The highest BCUT2D eigenvalue weighted by Gasteiger charge is 1.69. The SMILES string of the molecule is C.C.C.C=C(C)C.C=S(C)(C)=O. The summed E-state index contributed by atoms with van der Waals surface area (Å²) in [5.41, 5.74) is 1.17. The average molecular weight is 196 g/mol. The van der Waals surface area contributed by atoms with Crippen LogP contribution in [0.2, 0.25) is 0 Å². The van der Waals surface area contributed by atoms with Crippen LogP contribution in [0.25, 0.3) is 0 Å². The lowest BCUT2D eigenvalue weighted by molar-refractivity contribution is 0.688. The smallest absolute Gasteiger partial charge is 0.00405 e. The van der Waals surface area contributed by atoms with Gasteiger partial charge in [0.05, 0.1) is 0 Å². The van der Waals surface area contributed by atoms with Crippen molar-refractivity contribution in [3.8, 4) is 0 Å². The first-order chi connectivity index (χ1) is 3.73. The van der Waals surface area contributed by atoms with Crippen LogP contribution < -0.4 is 0 Å². The Balaban J connectivity index is -0.0000000221. The van der Waals surface area contributed by atoms with Crippen molar-refractivity contribution in [1.82, 2.24) is 0 Å². The Morgan fingerprint density at radius 1 is 1.08 bits per heavy atom. The van der Waals surface area contributed by atoms with Gasteiger partial charge in [-0.05, 0) is 29.2 Å². The molecular formula is C10H28OS. The van der Waals surface area contributed by atoms with Gasteiger partial charge in [0.1, 0.15) is 0 Å². The van der Waals surface area contributed by atoms with E-state index in [1.54, 1.807) is 12.5 Å². The van der Waals surface area contributed by atoms with Gasteiger partial charge in [-0.1, -0.05) is 27.9 Å². The van der Waals surface area contributed by atoms with Crippen molar-refractivity contribution < 1.29 is 4.21 Å². The number of rotatable bonds is 0. The number of allylic oxidation sites excluding steroid dienone is 1. The minimum atomic E-state index is -1.67. The number of hydrogen-bond acceptors (Lipinski definition) is 1. The van der Waals surface area contributed by atoms with Crippen molar-refractivity contribution in [2.45, 2.75) is 36.1 Å². The van der Waals surface area contributed by atoms with Gasteiger partial charge in [-0.15, -0.1) is 6.58 Å². The molecule has 0 bridgehead atoms. The van der Waals surface area contributed by atoms with Crippen LogP contribution in [0.3, 0.4) is 0 Å². The van der Waals surface area contributed by atoms with Crippen molar-refractivity contribution in [2.24, 2.45) is 0 Å². The molecule has 0 aromatic heterocycles. The number of hydrogen-bond donors (Lipinski definition) is 0. The summed E-state index contributed by atoms with van der Waals surface area (Å²) in [5.74, 6) is 3.30. The van der Waals surface area contributed by atoms with E-state index in [4.69, 9.17) is 0 Å². The Bertz CT molecular complexity index is 152. The lowest BCUT2D eigenvalue weighted by atomic mass is 10.4. The highest BCUT2D eigenvalue weighted by Crippen LogP contribution is 1.73. The molecule has 0 radical (unpaired) electrons. The lowest BCUT2D eigenvalue weighted by Gasteiger charge is -1.78. The highest BCUT2D eigenvalue weighted by molar-refractivity contribution is 7.98. The van der Waals surface area contributed by atoms with Gasteiger partial charge in [0, 0.05) is 12.5 Å². The van der Waals surface area contributed by atoms with Gasteiger partial charge >= 0.3 is 0 Å². The van der Waals surface area contributed by atoms with Crippen LogP contribution in [0.5, 0.6) is 0 Å². The van der Waals surface area contributed by atoms with Crippen molar-refractivity contribution in [2.75, 3.05) is 12.5 Å². The molecule has 1 nitrogen and oxygen atoms in total. The molecule has 0 amide bonds. The summed E-state index contributed by atoms with van der Waals surface area (Å²) < 4.78 is 10.1. The van der Waals surface area contributed by atoms with Crippen LogP contribution >= 0.6 is 0 Å². The fraction of sp³-hybridized carbons (Fsp3) is 0.700. The molecule has 0 atom stereocenters. The van der Waals surface area contributed by atoms with E-state index in [0.29, 0.717) is 0 Å². The molecule has 0 aliphatic rings. The summed E-state index contributed by atoms with van der Waals surface area (Å²) in [7, 11) is -1.67. The predicted octanol–water partition coefficient (Wildman–Crippen LogP) is 3.45. The van der Waals surface area contributed by atoms with Gasteiger partial charge in [-0.3, -0.25) is 4.21 Å². The van der Waals surface area contributed by atoms with Gasteiger partial charge in [0.2, 0.25) is 0 Å². The zero-order valence-corrected chi connectivity index (χ0v) is 7.55. The molecule has 0 unspecified atom stereocenters. The molecule has 80 valence electrons. The molecule has 0 aliphatic heterocycles. The summed E-state index contributed by atoms with van der Waals surface area (Å²) in [4.78, 5) is 0. The summed E-state index contributed by atoms with van der Waals surface area (Å²) in [6.07, 6.45) is 3.21. The van der Waals surface area contributed by atoms with E-state index in [2.05, 4.69) is 12.4 Å². The highest BCUT2D eigenvalue weighted by atomic mass is 32.2. The third kappa shape index (κ3) is 13000. The summed E-state index contributed by atoms with van der Waals surface area (Å²) >= 11 is 0. The van der Waals surface area contributed by atoms with E-state index in [-0.39, 0.29) is 22.3 Å². The van der Waals surface area contributed by atoms with E-state index < -0.39 is 9.52 Å². The molecular weight excluding hydrogens is 168 g/mol. The molecule has 12 heavy (non-hydrogen) atoms. The molecule has 0 aromatic carbocycles. The molecule has 0 spiro atoms. The van der Waals surface area contributed by atoms with Gasteiger partial charge in [0.25, 0.3) is 0 Å². The van der Waals surface area contributed by atoms with Crippen molar-refractivity contribution in [3.63, 3.8) is 0 Å². The first-order valence-corrected chi connectivity index (χ1v) is 5.17. The Kier molecular flexibility index (Phi) is 33.2. The maximum Gasteiger partial charge on any atom is 0.00405 e. The zero-order chi connectivity index (χ0) is 8.08. The monoisotopic (exact) mass is 196 g/mol.